The molecule has 1 heterocycles. The van der Waals surface area contributed by atoms with Crippen molar-refractivity contribution in [2.45, 2.75) is 32.4 Å². The predicted molar refractivity (Wildman–Crippen MR) is 105 cm³/mol. The number of hydrogen-bond donors (Lipinski definition) is 2. The molecule has 0 aromatic heterocycles. The molecule has 0 aliphatic carbocycles. The molecule has 0 bridgehead atoms. The van der Waals surface area contributed by atoms with E-state index < -0.39 is 0 Å². The molecule has 7 heteroatoms. The van der Waals surface area contributed by atoms with Crippen molar-refractivity contribution in [3.8, 4) is 0 Å². The second kappa shape index (κ2) is 11.9. The maximum Gasteiger partial charge on any atom is 0.224 e. The summed E-state index contributed by atoms with van der Waals surface area (Å²) in [7, 11) is 1.87. The minimum absolute atomic E-state index is 0. The van der Waals surface area contributed by atoms with Crippen molar-refractivity contribution < 1.29 is 4.79 Å². The first-order chi connectivity index (χ1) is 10.6. The van der Waals surface area contributed by atoms with E-state index in [-0.39, 0.29) is 36.6 Å². The number of amides is 1. The van der Waals surface area contributed by atoms with Crippen molar-refractivity contribution in [2.75, 3.05) is 26.7 Å². The maximum absolute atomic E-state index is 12.0. The molecule has 1 amide bonds. The summed E-state index contributed by atoms with van der Waals surface area (Å²) in [4.78, 5) is 14.5. The Bertz CT molecular complexity index is 476. The molecule has 1 aromatic carbocycles. The summed E-state index contributed by atoms with van der Waals surface area (Å²) in [5.74, 6) is 0.183. The number of hydrogen-bond acceptors (Lipinski definition) is 3. The molecule has 0 saturated carbocycles. The Kier molecular flexibility index (Phi) is 11.7. The van der Waals surface area contributed by atoms with Crippen LogP contribution < -0.4 is 10.6 Å². The Morgan fingerprint density at radius 2 is 1.83 bits per heavy atom. The summed E-state index contributed by atoms with van der Waals surface area (Å²) in [6.07, 6.45) is 2.04. The number of piperidine rings is 1. The lowest BCUT2D eigenvalue weighted by Crippen LogP contribution is -2.46. The molecule has 1 aromatic rings. The van der Waals surface area contributed by atoms with Crippen LogP contribution in [-0.2, 0) is 11.3 Å². The van der Waals surface area contributed by atoms with Crippen molar-refractivity contribution in [1.82, 2.24) is 15.5 Å². The Morgan fingerprint density at radius 3 is 2.38 bits per heavy atom. The molecule has 0 spiro atoms. The monoisotopic (exact) mass is 395 g/mol. The molecule has 1 fully saturated rings. The van der Waals surface area contributed by atoms with Gasteiger partial charge in [-0.3, -0.25) is 9.69 Å². The van der Waals surface area contributed by atoms with Gasteiger partial charge < -0.3 is 10.6 Å². The Morgan fingerprint density at radius 1 is 1.25 bits per heavy atom. The number of halogens is 3. The van der Waals surface area contributed by atoms with Gasteiger partial charge in [-0.15, -0.1) is 24.8 Å². The van der Waals surface area contributed by atoms with E-state index in [9.17, 15) is 4.79 Å². The van der Waals surface area contributed by atoms with Crippen LogP contribution >= 0.6 is 36.4 Å². The van der Waals surface area contributed by atoms with Gasteiger partial charge in [-0.05, 0) is 37.6 Å². The van der Waals surface area contributed by atoms with E-state index in [0.717, 1.165) is 44.0 Å². The highest BCUT2D eigenvalue weighted by Crippen LogP contribution is 2.16. The highest BCUT2D eigenvalue weighted by Gasteiger charge is 2.22. The van der Waals surface area contributed by atoms with Gasteiger partial charge in [0.05, 0.1) is 0 Å². The average molecular weight is 397 g/mol. The first kappa shape index (κ1) is 23.5. The fraction of sp³-hybridized carbons (Fsp3) is 0.588. The third-order valence-corrected chi connectivity index (χ3v) is 4.46. The van der Waals surface area contributed by atoms with Crippen LogP contribution in [0.2, 0.25) is 5.02 Å². The van der Waals surface area contributed by atoms with Crippen LogP contribution in [0.15, 0.2) is 24.3 Å². The number of likely N-dealkylation sites (tertiary alicyclic amines) is 1. The van der Waals surface area contributed by atoms with Crippen LogP contribution in [0.4, 0.5) is 0 Å². The van der Waals surface area contributed by atoms with Gasteiger partial charge >= 0.3 is 0 Å². The lowest BCUT2D eigenvalue weighted by atomic mass is 10.0. The summed E-state index contributed by atoms with van der Waals surface area (Å²) >= 11 is 5.91. The van der Waals surface area contributed by atoms with Gasteiger partial charge in [-0.2, -0.15) is 0 Å². The third-order valence-electron chi connectivity index (χ3n) is 4.21. The minimum atomic E-state index is 0. The average Bonchev–Trinajstić information content (AvgIpc) is 2.51. The van der Waals surface area contributed by atoms with Gasteiger partial charge in [0.15, 0.2) is 0 Å². The van der Waals surface area contributed by atoms with Gasteiger partial charge in [-0.1, -0.05) is 30.7 Å². The lowest BCUT2D eigenvalue weighted by molar-refractivity contribution is -0.125. The van der Waals surface area contributed by atoms with E-state index in [1.54, 1.807) is 0 Å². The highest BCUT2D eigenvalue weighted by atomic mass is 35.5. The molecule has 1 saturated heterocycles. The van der Waals surface area contributed by atoms with Gasteiger partial charge in [0, 0.05) is 43.2 Å². The summed E-state index contributed by atoms with van der Waals surface area (Å²) < 4.78 is 0. The minimum Gasteiger partial charge on any atom is -0.353 e. The molecule has 24 heavy (non-hydrogen) atoms. The van der Waals surface area contributed by atoms with Crippen LogP contribution in [0.25, 0.3) is 0 Å². The Balaban J connectivity index is 0.00000264. The maximum atomic E-state index is 12.0. The number of rotatable bonds is 6. The zero-order chi connectivity index (χ0) is 15.9. The van der Waals surface area contributed by atoms with Gasteiger partial charge in [-0.25, -0.2) is 0 Å². The molecule has 1 aliphatic heterocycles. The predicted octanol–water partition coefficient (Wildman–Crippen LogP) is 3.12. The molecular weight excluding hydrogens is 369 g/mol. The molecule has 138 valence electrons. The molecule has 1 aliphatic rings. The van der Waals surface area contributed by atoms with E-state index in [1.807, 2.05) is 26.1 Å². The van der Waals surface area contributed by atoms with E-state index in [1.165, 1.54) is 5.56 Å². The SMILES string of the molecule is CNCC(C)C(=O)NC1CCN(Cc2ccc(Cl)cc2)CC1.Cl.Cl. The Hall–Kier alpha value is -0.520. The van der Waals surface area contributed by atoms with Gasteiger partial charge in [0.2, 0.25) is 5.91 Å². The molecule has 1 unspecified atom stereocenters. The molecular formula is C17H28Cl3N3O. The van der Waals surface area contributed by atoms with Crippen LogP contribution in [0.5, 0.6) is 0 Å². The van der Waals surface area contributed by atoms with E-state index in [2.05, 4.69) is 27.7 Å². The fourth-order valence-corrected chi connectivity index (χ4v) is 2.95. The van der Waals surface area contributed by atoms with E-state index in [0.29, 0.717) is 6.04 Å². The van der Waals surface area contributed by atoms with Crippen molar-refractivity contribution >= 4 is 42.3 Å². The summed E-state index contributed by atoms with van der Waals surface area (Å²) in [6.45, 7) is 5.68. The standard InChI is InChI=1S/C17H26ClN3O.2ClH/c1-13(11-19-2)17(22)20-16-7-9-21(10-8-16)12-14-3-5-15(18)6-4-14;;/h3-6,13,16,19H,7-12H2,1-2H3,(H,20,22);2*1H. The van der Waals surface area contributed by atoms with Gasteiger partial charge in [0.1, 0.15) is 0 Å². The van der Waals surface area contributed by atoms with Crippen LogP contribution in [0.1, 0.15) is 25.3 Å². The smallest absolute Gasteiger partial charge is 0.224 e. The Labute approximate surface area is 162 Å². The molecule has 0 radical (unpaired) electrons. The van der Waals surface area contributed by atoms with Crippen LogP contribution in [0.3, 0.4) is 0 Å². The zero-order valence-corrected chi connectivity index (χ0v) is 16.6. The topological polar surface area (TPSA) is 44.4 Å². The summed E-state index contributed by atoms with van der Waals surface area (Å²) in [6, 6.07) is 8.35. The second-order valence-electron chi connectivity index (χ2n) is 6.14. The normalized spacial score (nSPS) is 16.6. The lowest BCUT2D eigenvalue weighted by Gasteiger charge is -2.33. The van der Waals surface area contributed by atoms with Crippen LogP contribution in [0, 0.1) is 5.92 Å². The van der Waals surface area contributed by atoms with E-state index >= 15 is 0 Å². The fourth-order valence-electron chi connectivity index (χ4n) is 2.83. The zero-order valence-electron chi connectivity index (χ0n) is 14.3. The molecule has 1 atom stereocenters. The molecule has 2 rings (SSSR count). The number of carbonyl (C=O) groups excluding carboxylic acids is 1. The van der Waals surface area contributed by atoms with E-state index in [4.69, 9.17) is 11.6 Å². The largest absolute Gasteiger partial charge is 0.353 e. The molecule has 2 N–H and O–H groups in total. The van der Waals surface area contributed by atoms with Crippen molar-refractivity contribution in [1.29, 1.82) is 0 Å². The number of nitrogens with one attached hydrogen (secondary N) is 2. The quantitative estimate of drug-likeness (QED) is 0.776. The van der Waals surface area contributed by atoms with Gasteiger partial charge in [0.25, 0.3) is 0 Å². The van der Waals surface area contributed by atoms with Crippen LogP contribution in [-0.4, -0.2) is 43.5 Å². The number of benzene rings is 1. The first-order valence-electron chi connectivity index (χ1n) is 8.00. The van der Waals surface area contributed by atoms with Crippen molar-refractivity contribution in [2.24, 2.45) is 5.92 Å². The third kappa shape index (κ3) is 7.58. The highest BCUT2D eigenvalue weighted by molar-refractivity contribution is 6.30. The number of carbonyl (C=O) groups is 1. The summed E-state index contributed by atoms with van der Waals surface area (Å²) in [5, 5.41) is 7.00. The number of nitrogens with zero attached hydrogens (tertiary/aromatic N) is 1. The summed E-state index contributed by atoms with van der Waals surface area (Å²) in [5.41, 5.74) is 1.29. The van der Waals surface area contributed by atoms with Crippen molar-refractivity contribution in [3.05, 3.63) is 34.9 Å². The molecule has 4 nitrogen and oxygen atoms in total. The second-order valence-corrected chi connectivity index (χ2v) is 6.58. The first-order valence-corrected chi connectivity index (χ1v) is 8.38. The van der Waals surface area contributed by atoms with Crippen molar-refractivity contribution in [3.63, 3.8) is 0 Å².